The Morgan fingerprint density at radius 3 is 1.64 bits per heavy atom. The fourth-order valence-corrected chi connectivity index (χ4v) is 9.43. The van der Waals surface area contributed by atoms with E-state index in [1.165, 1.54) is 5.39 Å². The van der Waals surface area contributed by atoms with Crippen LogP contribution in [0, 0.1) is 0 Å². The Kier molecular flexibility index (Phi) is 8.11. The first-order chi connectivity index (χ1) is 31.7. The summed E-state index contributed by atoms with van der Waals surface area (Å²) in [6.07, 6.45) is 0. The van der Waals surface area contributed by atoms with Crippen LogP contribution in [0.5, 0.6) is 0 Å². The van der Waals surface area contributed by atoms with E-state index in [0.717, 1.165) is 105 Å². The third-order valence-corrected chi connectivity index (χ3v) is 12.4. The Morgan fingerprint density at radius 1 is 0.312 bits per heavy atom. The van der Waals surface area contributed by atoms with E-state index in [1.807, 2.05) is 48.5 Å². The second-order valence-electron chi connectivity index (χ2n) is 16.2. The first kappa shape index (κ1) is 36.0. The first-order valence-corrected chi connectivity index (χ1v) is 21.5. The van der Waals surface area contributed by atoms with Gasteiger partial charge in [0.05, 0.1) is 22.2 Å². The fourth-order valence-electron chi connectivity index (χ4n) is 9.43. The number of fused-ring (bicyclic) bond motifs is 10. The number of hydrogen-bond acceptors (Lipinski definition) is 5. The number of rotatable bonds is 6. The second-order valence-corrected chi connectivity index (χ2v) is 16.2. The van der Waals surface area contributed by atoms with Gasteiger partial charge in [0.2, 0.25) is 0 Å². The molecule has 0 spiro atoms. The number of pyridine rings is 1. The minimum Gasteiger partial charge on any atom is -0.456 e. The molecule has 0 unspecified atom stereocenters. The van der Waals surface area contributed by atoms with Gasteiger partial charge in [-0.1, -0.05) is 146 Å². The summed E-state index contributed by atoms with van der Waals surface area (Å²) in [5, 5.41) is 7.81. The Labute approximate surface area is 367 Å². The normalized spacial score (nSPS) is 11.8. The predicted octanol–water partition coefficient (Wildman–Crippen LogP) is 14.9. The maximum Gasteiger partial charge on any atom is 0.164 e. The molecular formula is C58H35N5O. The summed E-state index contributed by atoms with van der Waals surface area (Å²) < 4.78 is 8.73. The lowest BCUT2D eigenvalue weighted by atomic mass is 9.94. The van der Waals surface area contributed by atoms with Crippen LogP contribution in [0.3, 0.4) is 0 Å². The predicted molar refractivity (Wildman–Crippen MR) is 261 cm³/mol. The van der Waals surface area contributed by atoms with Gasteiger partial charge < -0.3 is 8.98 Å². The van der Waals surface area contributed by atoms with Crippen LogP contribution >= 0.6 is 0 Å². The number of benzene rings is 9. The number of para-hydroxylation sites is 3. The van der Waals surface area contributed by atoms with E-state index in [4.69, 9.17) is 24.4 Å². The lowest BCUT2D eigenvalue weighted by Crippen LogP contribution is -2.00. The summed E-state index contributed by atoms with van der Waals surface area (Å²) >= 11 is 0. The van der Waals surface area contributed by atoms with E-state index in [0.29, 0.717) is 17.5 Å². The first-order valence-electron chi connectivity index (χ1n) is 21.5. The molecule has 0 saturated carbocycles. The lowest BCUT2D eigenvalue weighted by molar-refractivity contribution is 0.669. The summed E-state index contributed by atoms with van der Waals surface area (Å²) in [5.41, 5.74) is 13.0. The van der Waals surface area contributed by atoms with Gasteiger partial charge in [-0.15, -0.1) is 0 Å². The van der Waals surface area contributed by atoms with Crippen LogP contribution < -0.4 is 0 Å². The van der Waals surface area contributed by atoms with Crippen molar-refractivity contribution in [2.75, 3.05) is 0 Å². The minimum absolute atomic E-state index is 0.610. The molecular weight excluding hydrogens is 783 g/mol. The van der Waals surface area contributed by atoms with Gasteiger partial charge in [-0.05, 0) is 77.9 Å². The summed E-state index contributed by atoms with van der Waals surface area (Å²) in [6, 6.07) is 73.8. The molecule has 0 saturated heterocycles. The highest BCUT2D eigenvalue weighted by atomic mass is 16.3. The molecule has 4 aromatic heterocycles. The van der Waals surface area contributed by atoms with Crippen LogP contribution in [0.25, 0.3) is 128 Å². The number of hydrogen-bond donors (Lipinski definition) is 0. The molecule has 6 nitrogen and oxygen atoms in total. The zero-order valence-electron chi connectivity index (χ0n) is 34.4. The molecule has 0 aliphatic heterocycles. The van der Waals surface area contributed by atoms with Crippen LogP contribution in [0.2, 0.25) is 0 Å². The molecule has 64 heavy (non-hydrogen) atoms. The largest absolute Gasteiger partial charge is 0.456 e. The van der Waals surface area contributed by atoms with Crippen LogP contribution in [0.4, 0.5) is 0 Å². The lowest BCUT2D eigenvalue weighted by Gasteiger charge is -2.13. The van der Waals surface area contributed by atoms with E-state index in [2.05, 4.69) is 168 Å². The Balaban J connectivity index is 0.942. The molecule has 0 atom stereocenters. The quantitative estimate of drug-likeness (QED) is 0.156. The molecule has 9 aromatic carbocycles. The average molecular weight is 818 g/mol. The van der Waals surface area contributed by atoms with Crippen molar-refractivity contribution in [2.45, 2.75) is 0 Å². The Bertz CT molecular complexity index is 3930. The topological polar surface area (TPSA) is 69.6 Å². The average Bonchev–Trinajstić information content (AvgIpc) is 3.92. The molecule has 13 aromatic rings. The Morgan fingerprint density at radius 2 is 0.875 bits per heavy atom. The fraction of sp³-hybridized carbons (Fsp3) is 0. The van der Waals surface area contributed by atoms with Crippen molar-refractivity contribution < 1.29 is 4.42 Å². The van der Waals surface area contributed by atoms with Crippen LogP contribution in [0.1, 0.15) is 0 Å². The monoisotopic (exact) mass is 817 g/mol. The number of nitrogens with zero attached hydrogens (tertiary/aromatic N) is 5. The summed E-state index contributed by atoms with van der Waals surface area (Å²) in [5.74, 6) is 1.85. The van der Waals surface area contributed by atoms with Crippen molar-refractivity contribution >= 4 is 65.4 Å². The molecule has 4 heterocycles. The van der Waals surface area contributed by atoms with Gasteiger partial charge in [-0.2, -0.15) is 0 Å². The van der Waals surface area contributed by atoms with Gasteiger partial charge in [-0.3, -0.25) is 0 Å². The zero-order chi connectivity index (χ0) is 42.1. The maximum atomic E-state index is 6.41. The van der Waals surface area contributed by atoms with E-state index in [9.17, 15) is 0 Å². The minimum atomic E-state index is 0.610. The molecule has 298 valence electrons. The standard InChI is InChI=1S/C58H35N5O/c1-4-14-37(15-5-1)55-45-30-33-52-54(44-21-11-13-23-51(44)64-52)53(45)47-34-40(28-31-48(47)59-55)36-24-26-39(27-25-36)57-60-56(38-16-6-2-7-17-38)61-58(62-57)41-29-32-50-46(35-41)43-20-10-12-22-49(43)63(50)42-18-8-3-9-19-42/h1-35H. The van der Waals surface area contributed by atoms with Crippen LogP contribution in [0.15, 0.2) is 217 Å². The highest BCUT2D eigenvalue weighted by Crippen LogP contribution is 2.42. The van der Waals surface area contributed by atoms with Crippen LogP contribution in [-0.2, 0) is 0 Å². The van der Waals surface area contributed by atoms with Gasteiger partial charge in [0.25, 0.3) is 0 Å². The van der Waals surface area contributed by atoms with Crippen molar-refractivity contribution in [2.24, 2.45) is 0 Å². The van der Waals surface area contributed by atoms with Gasteiger partial charge in [0.1, 0.15) is 11.2 Å². The highest BCUT2D eigenvalue weighted by Gasteiger charge is 2.20. The van der Waals surface area contributed by atoms with Gasteiger partial charge in [0, 0.05) is 65.6 Å². The van der Waals surface area contributed by atoms with Gasteiger partial charge in [0.15, 0.2) is 17.5 Å². The molecule has 0 bridgehead atoms. The van der Waals surface area contributed by atoms with Crippen molar-refractivity contribution in [3.63, 3.8) is 0 Å². The molecule has 0 N–H and O–H groups in total. The number of aromatic nitrogens is 5. The van der Waals surface area contributed by atoms with E-state index in [-0.39, 0.29) is 0 Å². The molecule has 0 aliphatic rings. The number of furan rings is 1. The summed E-state index contributed by atoms with van der Waals surface area (Å²) in [6.45, 7) is 0. The van der Waals surface area contributed by atoms with Gasteiger partial charge >= 0.3 is 0 Å². The smallest absolute Gasteiger partial charge is 0.164 e. The van der Waals surface area contributed by atoms with E-state index >= 15 is 0 Å². The van der Waals surface area contributed by atoms with Crippen molar-refractivity contribution in [3.05, 3.63) is 212 Å². The van der Waals surface area contributed by atoms with Crippen molar-refractivity contribution in [1.29, 1.82) is 0 Å². The SMILES string of the molecule is c1ccc(-c2nc(-c3ccc(-c4ccc5nc(-c6ccccc6)c6ccc7oc8ccccc8c7c6c5c4)cc3)nc(-c3ccc4c(c3)c3ccccc3n4-c3ccccc3)n2)cc1. The zero-order valence-corrected chi connectivity index (χ0v) is 34.4. The highest BCUT2D eigenvalue weighted by molar-refractivity contribution is 6.28. The molecule has 13 rings (SSSR count). The van der Waals surface area contributed by atoms with Gasteiger partial charge in [-0.25, -0.2) is 19.9 Å². The van der Waals surface area contributed by atoms with Crippen molar-refractivity contribution in [1.82, 2.24) is 24.5 Å². The van der Waals surface area contributed by atoms with E-state index in [1.54, 1.807) is 0 Å². The molecule has 6 heteroatoms. The second kappa shape index (κ2) is 14.4. The Hall–Kier alpha value is -8.74. The molecule has 0 amide bonds. The summed E-state index contributed by atoms with van der Waals surface area (Å²) in [4.78, 5) is 20.6. The maximum absolute atomic E-state index is 6.41. The third kappa shape index (κ3) is 5.81. The molecule has 0 fully saturated rings. The molecule has 0 radical (unpaired) electrons. The van der Waals surface area contributed by atoms with Crippen molar-refractivity contribution in [3.8, 4) is 62.2 Å². The summed E-state index contributed by atoms with van der Waals surface area (Å²) in [7, 11) is 0. The third-order valence-electron chi connectivity index (χ3n) is 12.4. The van der Waals surface area contributed by atoms with E-state index < -0.39 is 0 Å². The van der Waals surface area contributed by atoms with Crippen LogP contribution in [-0.4, -0.2) is 24.5 Å². The molecule has 0 aliphatic carbocycles.